The molecule has 10 heteroatoms. The fourth-order valence-electron chi connectivity index (χ4n) is 13.8. The van der Waals surface area contributed by atoms with E-state index < -0.39 is 33.5 Å². The third-order valence-electron chi connectivity index (χ3n) is 16.1. The molecular weight excluding hydrogens is 705 g/mol. The van der Waals surface area contributed by atoms with E-state index in [1.807, 2.05) is 20.0 Å². The van der Waals surface area contributed by atoms with Crippen LogP contribution in [0.2, 0.25) is 0 Å². The zero-order valence-corrected chi connectivity index (χ0v) is 34.3. The molecule has 1 aromatic heterocycles. The number of carbonyl (C=O) groups excluding carboxylic acids is 2. The van der Waals surface area contributed by atoms with E-state index in [0.717, 1.165) is 78.0 Å². The average molecular weight is 765 g/mol. The highest BCUT2D eigenvalue weighted by Crippen LogP contribution is 2.69. The van der Waals surface area contributed by atoms with E-state index in [9.17, 15) is 15.0 Å². The van der Waals surface area contributed by atoms with Gasteiger partial charge in [-0.2, -0.15) is 0 Å². The average Bonchev–Trinajstić information content (AvgIpc) is 3.87. The Morgan fingerprint density at radius 2 is 1.79 bits per heavy atom. The second-order valence-electron chi connectivity index (χ2n) is 18.2. The number of likely N-dealkylation sites (N-methyl/N-ethyl adjacent to an activating group) is 1. The largest absolute Gasteiger partial charge is 0.496 e. The molecule has 2 saturated heterocycles. The lowest BCUT2D eigenvalue weighted by Gasteiger charge is -2.64. The predicted octanol–water partition coefficient (Wildman–Crippen LogP) is 5.50. The van der Waals surface area contributed by atoms with Gasteiger partial charge < -0.3 is 29.6 Å². The molecule has 1 saturated carbocycles. The minimum absolute atomic E-state index is 0.0299. The SMILES string of the molecule is CCC(=O)[C@]1(O)C2N(C)c3cc(OC)c([C@@]4(C(=O)OC)CC5CN(CCc6c4[nH]c4ccccc64)C[C@](O)(CC)C5)cc3C23CCN2CC=C[C@](CC)(C23)[C@H]1C. The highest BCUT2D eigenvalue weighted by atomic mass is 16.5. The Bertz CT molecular complexity index is 2130. The summed E-state index contributed by atoms with van der Waals surface area (Å²) in [6, 6.07) is 12.1. The first-order chi connectivity index (χ1) is 26.8. The van der Waals surface area contributed by atoms with Crippen molar-refractivity contribution in [3.8, 4) is 5.75 Å². The second kappa shape index (κ2) is 12.9. The first-order valence-corrected chi connectivity index (χ1v) is 21.1. The zero-order chi connectivity index (χ0) is 39.6. The van der Waals surface area contributed by atoms with E-state index in [1.165, 1.54) is 7.11 Å². The molecule has 3 N–H and O–H groups in total. The first-order valence-electron chi connectivity index (χ1n) is 21.1. The van der Waals surface area contributed by atoms with E-state index in [-0.39, 0.29) is 36.1 Å². The summed E-state index contributed by atoms with van der Waals surface area (Å²) in [5.74, 6) is -0.286. The molecule has 1 spiro atoms. The molecular formula is C46H60N4O6. The van der Waals surface area contributed by atoms with Crippen molar-refractivity contribution in [1.82, 2.24) is 14.8 Å². The number of hydrogen-bond donors (Lipinski definition) is 3. The lowest BCUT2D eigenvalue weighted by molar-refractivity contribution is -0.176. The Hall–Kier alpha value is -3.70. The van der Waals surface area contributed by atoms with Gasteiger partial charge in [0.2, 0.25) is 0 Å². The third-order valence-corrected chi connectivity index (χ3v) is 16.1. The number of benzene rings is 2. The fourth-order valence-corrected chi connectivity index (χ4v) is 13.8. The van der Waals surface area contributed by atoms with Crippen LogP contribution in [0.3, 0.4) is 0 Å². The number of hydrogen-bond acceptors (Lipinski definition) is 9. The van der Waals surface area contributed by atoms with Crippen molar-refractivity contribution in [2.45, 2.75) is 107 Å². The number of nitrogens with one attached hydrogen (secondary N) is 1. The Labute approximate surface area is 331 Å². The lowest BCUT2D eigenvalue weighted by atomic mass is 9.44. The molecule has 6 heterocycles. The van der Waals surface area contributed by atoms with Crippen molar-refractivity contribution in [2.75, 3.05) is 58.9 Å². The first kappa shape index (κ1) is 37.9. The fraction of sp³-hybridized carbons (Fsp3) is 0.609. The van der Waals surface area contributed by atoms with E-state index in [0.29, 0.717) is 38.0 Å². The number of para-hydroxylation sites is 1. The summed E-state index contributed by atoms with van der Waals surface area (Å²) in [7, 11) is 5.18. The van der Waals surface area contributed by atoms with Crippen LogP contribution in [0.15, 0.2) is 48.6 Å². The van der Waals surface area contributed by atoms with Crippen LogP contribution in [-0.4, -0.2) is 114 Å². The maximum Gasteiger partial charge on any atom is 0.322 e. The second-order valence-corrected chi connectivity index (χ2v) is 18.2. The summed E-state index contributed by atoms with van der Waals surface area (Å²) in [6.07, 6.45) is 8.66. The van der Waals surface area contributed by atoms with Gasteiger partial charge in [-0.15, -0.1) is 0 Å². The highest BCUT2D eigenvalue weighted by molar-refractivity contribution is 5.95. The third kappa shape index (κ3) is 4.64. The van der Waals surface area contributed by atoms with Crippen molar-refractivity contribution in [3.63, 3.8) is 0 Å². The molecule has 56 heavy (non-hydrogen) atoms. The number of Topliss-reactive ketones (excluding diaryl/α,β-unsaturated/α-hetero) is 1. The topological polar surface area (TPSA) is 119 Å². The van der Waals surface area contributed by atoms with Gasteiger partial charge in [0.05, 0.1) is 25.9 Å². The summed E-state index contributed by atoms with van der Waals surface area (Å²) in [5, 5.41) is 26.3. The molecule has 2 bridgehead atoms. The summed E-state index contributed by atoms with van der Waals surface area (Å²) < 4.78 is 12.4. The summed E-state index contributed by atoms with van der Waals surface area (Å²) in [5.41, 5.74) is 0.693. The van der Waals surface area contributed by atoms with Crippen LogP contribution in [0, 0.1) is 17.3 Å². The Morgan fingerprint density at radius 3 is 2.50 bits per heavy atom. The number of aliphatic hydroxyl groups is 2. The number of ether oxygens (including phenoxy) is 2. The van der Waals surface area contributed by atoms with Crippen LogP contribution in [0.5, 0.6) is 5.75 Å². The quantitative estimate of drug-likeness (QED) is 0.212. The van der Waals surface area contributed by atoms with Crippen LogP contribution in [0.1, 0.15) is 88.6 Å². The predicted molar refractivity (Wildman–Crippen MR) is 217 cm³/mol. The zero-order valence-electron chi connectivity index (χ0n) is 34.3. The van der Waals surface area contributed by atoms with Gasteiger partial charge in [0, 0.05) is 96.4 Å². The van der Waals surface area contributed by atoms with Gasteiger partial charge in [-0.3, -0.25) is 19.4 Å². The van der Waals surface area contributed by atoms with Gasteiger partial charge in [0.25, 0.3) is 0 Å². The summed E-state index contributed by atoms with van der Waals surface area (Å²) in [4.78, 5) is 40.7. The summed E-state index contributed by atoms with van der Waals surface area (Å²) in [6.45, 7) is 12.0. The minimum Gasteiger partial charge on any atom is -0.496 e. The number of aromatic amines is 1. The number of anilines is 1. The number of esters is 1. The smallest absolute Gasteiger partial charge is 0.322 e. The van der Waals surface area contributed by atoms with Crippen LogP contribution < -0.4 is 9.64 Å². The Balaban J connectivity index is 1.36. The number of ketones is 1. The number of piperidine rings is 1. The minimum atomic E-state index is -1.63. The molecule has 1 aliphatic carbocycles. The number of carbonyl (C=O) groups is 2. The number of H-pyrrole nitrogens is 1. The van der Waals surface area contributed by atoms with Crippen LogP contribution in [0.4, 0.5) is 5.69 Å². The molecule has 0 amide bonds. The molecule has 2 aromatic carbocycles. The molecule has 300 valence electrons. The summed E-state index contributed by atoms with van der Waals surface area (Å²) >= 11 is 0. The molecule has 10 atom stereocenters. The van der Waals surface area contributed by atoms with Crippen molar-refractivity contribution in [3.05, 3.63) is 70.9 Å². The van der Waals surface area contributed by atoms with Gasteiger partial charge in [-0.25, -0.2) is 0 Å². The van der Waals surface area contributed by atoms with Crippen LogP contribution in [-0.2, 0) is 31.6 Å². The van der Waals surface area contributed by atoms with Crippen LogP contribution >= 0.6 is 0 Å². The number of methoxy groups -OCH3 is 2. The van der Waals surface area contributed by atoms with Crippen molar-refractivity contribution >= 4 is 28.3 Å². The van der Waals surface area contributed by atoms with Crippen molar-refractivity contribution < 1.29 is 29.3 Å². The molecule has 10 nitrogen and oxygen atoms in total. The van der Waals surface area contributed by atoms with E-state index in [4.69, 9.17) is 9.47 Å². The van der Waals surface area contributed by atoms with Gasteiger partial charge in [0.15, 0.2) is 5.78 Å². The molecule has 9 rings (SSSR count). The standard InChI is InChI=1S/C46H60N4O6/c1-8-37(51)46(54)28(4)43(10-3)17-13-19-50-21-18-44(39(43)50)32-22-33(36(55-6)23-35(32)48(5)40(44)46)45(41(52)56-7)25-29-24-42(53,9-2)27-49(26-29)20-16-31-30-14-11-12-15-34(30)47-38(31)45/h11-15,17,22-23,28-29,39-40,47,53-54H,8-10,16,18-21,24-27H2,1-7H3/t28-,29?,39?,40?,42+,43+,44?,45+,46+/m1/s1. The number of rotatable bonds is 7. The van der Waals surface area contributed by atoms with E-state index in [2.05, 4.69) is 82.9 Å². The maximum atomic E-state index is 15.3. The van der Waals surface area contributed by atoms with Gasteiger partial charge in [0.1, 0.15) is 16.8 Å². The van der Waals surface area contributed by atoms with Gasteiger partial charge in [-0.1, -0.05) is 58.0 Å². The number of nitrogens with zero attached hydrogens (tertiary/aromatic N) is 3. The molecule has 6 aliphatic rings. The van der Waals surface area contributed by atoms with E-state index in [1.54, 1.807) is 7.11 Å². The Morgan fingerprint density at radius 1 is 1.00 bits per heavy atom. The number of fused-ring (bicyclic) bond motifs is 6. The Kier molecular flexibility index (Phi) is 8.72. The lowest BCUT2D eigenvalue weighted by Crippen LogP contribution is -2.78. The molecule has 0 radical (unpaired) electrons. The number of aromatic nitrogens is 1. The van der Waals surface area contributed by atoms with Gasteiger partial charge in [-0.05, 0) is 74.2 Å². The highest BCUT2D eigenvalue weighted by Gasteiger charge is 2.77. The molecule has 5 aliphatic heterocycles. The van der Waals surface area contributed by atoms with Crippen molar-refractivity contribution in [1.29, 1.82) is 0 Å². The monoisotopic (exact) mass is 764 g/mol. The van der Waals surface area contributed by atoms with Crippen molar-refractivity contribution in [2.24, 2.45) is 17.3 Å². The molecule has 3 fully saturated rings. The van der Waals surface area contributed by atoms with Gasteiger partial charge >= 0.3 is 5.97 Å². The maximum absolute atomic E-state index is 15.3. The molecule has 5 unspecified atom stereocenters. The molecule has 3 aromatic rings. The normalized spacial score (nSPS) is 38.5. The van der Waals surface area contributed by atoms with E-state index >= 15 is 4.79 Å². The van der Waals surface area contributed by atoms with Crippen LogP contribution in [0.25, 0.3) is 10.9 Å².